The van der Waals surface area contributed by atoms with E-state index in [1.54, 1.807) is 38.1 Å². The zero-order chi connectivity index (χ0) is 13.1. The molecule has 5 nitrogen and oxygen atoms in total. The minimum Gasteiger partial charge on any atom is -0.369 e. The third-order valence-corrected chi connectivity index (χ3v) is 3.97. The van der Waals surface area contributed by atoms with Gasteiger partial charge in [0.25, 0.3) is 0 Å². The summed E-state index contributed by atoms with van der Waals surface area (Å²) >= 11 is 0. The second kappa shape index (κ2) is 5.18. The lowest BCUT2D eigenvalue weighted by molar-refractivity contribution is -0.117. The molecule has 1 amide bonds. The van der Waals surface area contributed by atoms with E-state index in [2.05, 4.69) is 4.72 Å². The van der Waals surface area contributed by atoms with Gasteiger partial charge in [-0.3, -0.25) is 9.52 Å². The molecule has 0 bridgehead atoms. The topological polar surface area (TPSA) is 89.3 Å². The molecule has 0 saturated carbocycles. The van der Waals surface area contributed by atoms with Crippen molar-refractivity contribution in [2.24, 2.45) is 5.73 Å². The lowest BCUT2D eigenvalue weighted by Gasteiger charge is -2.10. The Kier molecular flexibility index (Phi) is 4.11. The summed E-state index contributed by atoms with van der Waals surface area (Å²) in [6.07, 6.45) is 0.150. The van der Waals surface area contributed by atoms with E-state index in [0.29, 0.717) is 5.69 Å². The SMILES string of the molecule is CC(C)S(=O)(=O)Nc1ccc(CC(N)=O)cc1. The number of nitrogens with one attached hydrogen (secondary N) is 1. The van der Waals surface area contributed by atoms with Crippen LogP contribution in [0, 0.1) is 0 Å². The lowest BCUT2D eigenvalue weighted by atomic mass is 10.1. The fourth-order valence-electron chi connectivity index (χ4n) is 1.17. The Hall–Kier alpha value is -1.56. The van der Waals surface area contributed by atoms with E-state index in [1.807, 2.05) is 0 Å². The van der Waals surface area contributed by atoms with Crippen molar-refractivity contribution in [2.75, 3.05) is 4.72 Å². The third kappa shape index (κ3) is 4.07. The molecule has 0 aliphatic heterocycles. The minimum absolute atomic E-state index is 0.150. The Labute approximate surface area is 101 Å². The van der Waals surface area contributed by atoms with E-state index in [4.69, 9.17) is 5.73 Å². The van der Waals surface area contributed by atoms with Crippen molar-refractivity contribution >= 4 is 21.6 Å². The Balaban J connectivity index is 2.79. The summed E-state index contributed by atoms with van der Waals surface area (Å²) in [5.74, 6) is -0.416. The molecule has 0 radical (unpaired) electrons. The molecule has 0 aliphatic rings. The molecule has 1 aromatic carbocycles. The Morgan fingerprint density at radius 3 is 2.24 bits per heavy atom. The van der Waals surface area contributed by atoms with Crippen LogP contribution in [-0.2, 0) is 21.2 Å². The van der Waals surface area contributed by atoms with Crippen LogP contribution < -0.4 is 10.5 Å². The van der Waals surface area contributed by atoms with Gasteiger partial charge in [0.2, 0.25) is 15.9 Å². The van der Waals surface area contributed by atoms with Crippen LogP contribution in [0.2, 0.25) is 0 Å². The van der Waals surface area contributed by atoms with E-state index in [9.17, 15) is 13.2 Å². The van der Waals surface area contributed by atoms with Crippen molar-refractivity contribution in [3.8, 4) is 0 Å². The predicted molar refractivity (Wildman–Crippen MR) is 67.0 cm³/mol. The molecule has 3 N–H and O–H groups in total. The first-order chi connectivity index (χ1) is 7.81. The first kappa shape index (κ1) is 13.5. The maximum absolute atomic E-state index is 11.6. The molecule has 94 valence electrons. The van der Waals surface area contributed by atoms with Crippen molar-refractivity contribution in [1.82, 2.24) is 0 Å². The van der Waals surface area contributed by atoms with Gasteiger partial charge in [0, 0.05) is 5.69 Å². The molecule has 0 saturated heterocycles. The minimum atomic E-state index is -3.33. The number of nitrogens with two attached hydrogens (primary N) is 1. The fraction of sp³-hybridized carbons (Fsp3) is 0.364. The van der Waals surface area contributed by atoms with Gasteiger partial charge in [-0.25, -0.2) is 8.42 Å². The van der Waals surface area contributed by atoms with Gasteiger partial charge in [-0.2, -0.15) is 0 Å². The summed E-state index contributed by atoms with van der Waals surface area (Å²) in [5.41, 5.74) is 6.29. The number of primary amides is 1. The van der Waals surface area contributed by atoms with Gasteiger partial charge < -0.3 is 5.73 Å². The molecule has 6 heteroatoms. The summed E-state index contributed by atoms with van der Waals surface area (Å²) in [6, 6.07) is 6.56. The van der Waals surface area contributed by atoms with Crippen molar-refractivity contribution in [3.63, 3.8) is 0 Å². The smallest absolute Gasteiger partial charge is 0.235 e. The van der Waals surface area contributed by atoms with Gasteiger partial charge in [-0.05, 0) is 31.5 Å². The highest BCUT2D eigenvalue weighted by atomic mass is 32.2. The summed E-state index contributed by atoms with van der Waals surface area (Å²) in [7, 11) is -3.33. The van der Waals surface area contributed by atoms with Crippen LogP contribution in [0.15, 0.2) is 24.3 Å². The average Bonchev–Trinajstić information content (AvgIpc) is 2.19. The van der Waals surface area contributed by atoms with E-state index < -0.39 is 21.2 Å². The summed E-state index contributed by atoms with van der Waals surface area (Å²) in [5, 5.41) is -0.493. The van der Waals surface area contributed by atoms with Crippen LogP contribution in [0.25, 0.3) is 0 Å². The summed E-state index contributed by atoms with van der Waals surface area (Å²) < 4.78 is 25.6. The van der Waals surface area contributed by atoms with Crippen LogP contribution in [0.1, 0.15) is 19.4 Å². The number of sulfonamides is 1. The molecule has 0 spiro atoms. The van der Waals surface area contributed by atoms with Gasteiger partial charge in [0.1, 0.15) is 0 Å². The average molecular weight is 256 g/mol. The Morgan fingerprint density at radius 2 is 1.82 bits per heavy atom. The molecule has 0 unspecified atom stereocenters. The van der Waals surface area contributed by atoms with Gasteiger partial charge in [-0.15, -0.1) is 0 Å². The monoisotopic (exact) mass is 256 g/mol. The van der Waals surface area contributed by atoms with Crippen LogP contribution in [-0.4, -0.2) is 19.6 Å². The molecular weight excluding hydrogens is 240 g/mol. The first-order valence-electron chi connectivity index (χ1n) is 5.20. The van der Waals surface area contributed by atoms with Crippen molar-refractivity contribution in [3.05, 3.63) is 29.8 Å². The Morgan fingerprint density at radius 1 is 1.29 bits per heavy atom. The highest BCUT2D eigenvalue weighted by Crippen LogP contribution is 2.13. The Bertz CT molecular complexity index is 492. The molecule has 0 heterocycles. The largest absolute Gasteiger partial charge is 0.369 e. The third-order valence-electron chi connectivity index (χ3n) is 2.21. The van der Waals surface area contributed by atoms with Crippen LogP contribution in [0.4, 0.5) is 5.69 Å². The number of anilines is 1. The zero-order valence-electron chi connectivity index (χ0n) is 9.80. The highest BCUT2D eigenvalue weighted by molar-refractivity contribution is 7.93. The van der Waals surface area contributed by atoms with Gasteiger partial charge in [-0.1, -0.05) is 12.1 Å². The summed E-state index contributed by atoms with van der Waals surface area (Å²) in [4.78, 5) is 10.7. The van der Waals surface area contributed by atoms with E-state index in [1.165, 1.54) is 0 Å². The second-order valence-corrected chi connectivity index (χ2v) is 6.27. The molecule has 1 aromatic rings. The normalized spacial score (nSPS) is 11.5. The fourth-order valence-corrected chi connectivity index (χ4v) is 1.87. The van der Waals surface area contributed by atoms with Crippen molar-refractivity contribution in [1.29, 1.82) is 0 Å². The van der Waals surface area contributed by atoms with Crippen molar-refractivity contribution in [2.45, 2.75) is 25.5 Å². The quantitative estimate of drug-likeness (QED) is 0.819. The predicted octanol–water partition coefficient (Wildman–Crippen LogP) is 0.864. The molecule has 0 aromatic heterocycles. The van der Waals surface area contributed by atoms with Crippen LogP contribution >= 0.6 is 0 Å². The molecule has 0 fully saturated rings. The molecule has 17 heavy (non-hydrogen) atoms. The van der Waals surface area contributed by atoms with Crippen molar-refractivity contribution < 1.29 is 13.2 Å². The first-order valence-corrected chi connectivity index (χ1v) is 6.75. The second-order valence-electron chi connectivity index (χ2n) is 4.04. The molecular formula is C11H16N2O3S. The molecule has 0 atom stereocenters. The number of carbonyl (C=O) groups is 1. The lowest BCUT2D eigenvalue weighted by Crippen LogP contribution is -2.22. The van der Waals surface area contributed by atoms with E-state index >= 15 is 0 Å². The van der Waals surface area contributed by atoms with Gasteiger partial charge >= 0.3 is 0 Å². The molecule has 0 aliphatic carbocycles. The maximum atomic E-state index is 11.6. The highest BCUT2D eigenvalue weighted by Gasteiger charge is 2.15. The molecule has 1 rings (SSSR count). The van der Waals surface area contributed by atoms with Crippen LogP contribution in [0.3, 0.4) is 0 Å². The van der Waals surface area contributed by atoms with E-state index in [0.717, 1.165) is 5.56 Å². The number of hydrogen-bond acceptors (Lipinski definition) is 3. The number of carbonyl (C=O) groups excluding carboxylic acids is 1. The zero-order valence-corrected chi connectivity index (χ0v) is 10.6. The van der Waals surface area contributed by atoms with Gasteiger partial charge in [0.05, 0.1) is 11.7 Å². The van der Waals surface area contributed by atoms with E-state index in [-0.39, 0.29) is 6.42 Å². The summed E-state index contributed by atoms with van der Waals surface area (Å²) in [6.45, 7) is 3.20. The number of rotatable bonds is 5. The number of amides is 1. The maximum Gasteiger partial charge on any atom is 0.235 e. The number of benzene rings is 1. The standard InChI is InChI=1S/C11H16N2O3S/c1-8(2)17(15,16)13-10-5-3-9(4-6-10)7-11(12)14/h3-6,8,13H,7H2,1-2H3,(H2,12,14). The van der Waals surface area contributed by atoms with Crippen LogP contribution in [0.5, 0.6) is 0 Å². The van der Waals surface area contributed by atoms with Gasteiger partial charge in [0.15, 0.2) is 0 Å². The number of hydrogen-bond donors (Lipinski definition) is 2.